The molecule has 0 radical (unpaired) electrons. The van der Waals surface area contributed by atoms with Gasteiger partial charge in [0.2, 0.25) is 0 Å². The highest BCUT2D eigenvalue weighted by Gasteiger charge is 2.27. The van der Waals surface area contributed by atoms with E-state index in [-0.39, 0.29) is 24.0 Å². The Balaban J connectivity index is 0.00000261. The number of nitrogens with zero attached hydrogens (tertiary/aromatic N) is 3. The molecule has 0 bridgehead atoms. The van der Waals surface area contributed by atoms with Crippen molar-refractivity contribution in [2.24, 2.45) is 4.99 Å². The fourth-order valence-electron chi connectivity index (χ4n) is 4.15. The maximum Gasteiger partial charge on any atom is 0.191 e. The Kier molecular flexibility index (Phi) is 9.35. The molecule has 2 aliphatic rings. The number of guanidine groups is 1. The Morgan fingerprint density at radius 3 is 2.70 bits per heavy atom. The molecule has 1 saturated heterocycles. The van der Waals surface area contributed by atoms with Gasteiger partial charge in [0.25, 0.3) is 0 Å². The smallest absolute Gasteiger partial charge is 0.191 e. The number of likely N-dealkylation sites (tertiary alicyclic amines) is 1. The first-order chi connectivity index (χ1) is 12.7. The number of nitrogens with one attached hydrogen (secondary N) is 2. The van der Waals surface area contributed by atoms with Crippen LogP contribution in [0.5, 0.6) is 0 Å². The minimum absolute atomic E-state index is 0. The van der Waals surface area contributed by atoms with Gasteiger partial charge in [-0.25, -0.2) is 0 Å². The third kappa shape index (κ3) is 6.62. The first-order valence-electron chi connectivity index (χ1n) is 10.3. The van der Waals surface area contributed by atoms with Gasteiger partial charge < -0.3 is 15.2 Å². The van der Waals surface area contributed by atoms with Crippen LogP contribution in [0.1, 0.15) is 76.2 Å². The van der Waals surface area contributed by atoms with Gasteiger partial charge in [0.1, 0.15) is 0 Å². The van der Waals surface area contributed by atoms with E-state index in [0.29, 0.717) is 18.5 Å². The summed E-state index contributed by atoms with van der Waals surface area (Å²) in [6, 6.07) is 3.29. The van der Waals surface area contributed by atoms with Crippen molar-refractivity contribution in [1.82, 2.24) is 20.7 Å². The van der Waals surface area contributed by atoms with E-state index >= 15 is 0 Å². The summed E-state index contributed by atoms with van der Waals surface area (Å²) in [7, 11) is 1.83. The molecular weight excluding hydrogens is 453 g/mol. The van der Waals surface area contributed by atoms with Crippen LogP contribution in [0.3, 0.4) is 0 Å². The van der Waals surface area contributed by atoms with E-state index in [2.05, 4.69) is 39.5 Å². The van der Waals surface area contributed by atoms with Crippen molar-refractivity contribution >= 4 is 29.9 Å². The second-order valence-corrected chi connectivity index (χ2v) is 8.07. The zero-order valence-corrected chi connectivity index (χ0v) is 19.4. The van der Waals surface area contributed by atoms with Crippen molar-refractivity contribution in [3.8, 4) is 0 Å². The predicted molar refractivity (Wildman–Crippen MR) is 121 cm³/mol. The van der Waals surface area contributed by atoms with Gasteiger partial charge in [-0.05, 0) is 38.1 Å². The highest BCUT2D eigenvalue weighted by atomic mass is 127. The molecule has 2 fully saturated rings. The first-order valence-corrected chi connectivity index (χ1v) is 10.3. The summed E-state index contributed by atoms with van der Waals surface area (Å²) in [6.07, 6.45) is 9.46. The summed E-state index contributed by atoms with van der Waals surface area (Å²) >= 11 is 0. The topological polar surface area (TPSA) is 65.7 Å². The Bertz CT molecular complexity index is 583. The number of hydrogen-bond acceptors (Lipinski definition) is 4. The molecule has 1 aliphatic heterocycles. The molecule has 1 aliphatic carbocycles. The van der Waals surface area contributed by atoms with Gasteiger partial charge in [0, 0.05) is 31.7 Å². The van der Waals surface area contributed by atoms with Crippen molar-refractivity contribution in [1.29, 1.82) is 0 Å². The molecule has 0 amide bonds. The summed E-state index contributed by atoms with van der Waals surface area (Å²) < 4.78 is 5.40. The molecule has 0 spiro atoms. The Morgan fingerprint density at radius 2 is 2.04 bits per heavy atom. The lowest BCUT2D eigenvalue weighted by atomic mass is 9.92. The quantitative estimate of drug-likeness (QED) is 0.374. The van der Waals surface area contributed by atoms with Crippen LogP contribution in [0, 0.1) is 0 Å². The van der Waals surface area contributed by atoms with Gasteiger partial charge in [-0.2, -0.15) is 0 Å². The number of aromatic nitrogens is 1. The third-order valence-electron chi connectivity index (χ3n) is 5.71. The number of halogens is 1. The van der Waals surface area contributed by atoms with Crippen LogP contribution >= 0.6 is 24.0 Å². The molecule has 1 saturated carbocycles. The number of rotatable bonds is 5. The molecular formula is C20H36IN5O. The zero-order valence-electron chi connectivity index (χ0n) is 17.0. The van der Waals surface area contributed by atoms with Crippen molar-refractivity contribution in [3.63, 3.8) is 0 Å². The second-order valence-electron chi connectivity index (χ2n) is 8.07. The van der Waals surface area contributed by atoms with E-state index in [1.165, 1.54) is 51.5 Å². The lowest BCUT2D eigenvalue weighted by Gasteiger charge is -2.40. The SMILES string of the molecule is CN=C(NCc1cc(C(C)C)no1)NC1CCCN(C2CCCCC2)C1.I. The summed E-state index contributed by atoms with van der Waals surface area (Å²) in [5.74, 6) is 2.09. The highest BCUT2D eigenvalue weighted by molar-refractivity contribution is 14.0. The van der Waals surface area contributed by atoms with E-state index < -0.39 is 0 Å². The van der Waals surface area contributed by atoms with Gasteiger partial charge in [0.05, 0.1) is 12.2 Å². The fourth-order valence-corrected chi connectivity index (χ4v) is 4.15. The Morgan fingerprint density at radius 1 is 1.26 bits per heavy atom. The van der Waals surface area contributed by atoms with Gasteiger partial charge in [-0.3, -0.25) is 9.89 Å². The predicted octanol–water partition coefficient (Wildman–Crippen LogP) is 3.88. The second kappa shape index (κ2) is 11.2. The number of hydrogen-bond donors (Lipinski definition) is 2. The third-order valence-corrected chi connectivity index (χ3v) is 5.71. The average molecular weight is 489 g/mol. The van der Waals surface area contributed by atoms with Crippen LogP contribution in [-0.4, -0.2) is 48.2 Å². The molecule has 6 nitrogen and oxygen atoms in total. The molecule has 2 N–H and O–H groups in total. The maximum atomic E-state index is 5.40. The summed E-state index contributed by atoms with van der Waals surface area (Å²) in [6.45, 7) is 7.24. The van der Waals surface area contributed by atoms with Gasteiger partial charge >= 0.3 is 0 Å². The standard InChI is InChI=1S/C20H35N5O.HI/c1-15(2)19-12-18(26-24-19)13-22-20(21-3)23-16-8-7-11-25(14-16)17-9-5-4-6-10-17;/h12,15-17H,4-11,13-14H2,1-3H3,(H2,21,22,23);1H. The fraction of sp³-hybridized carbons (Fsp3) is 0.800. The molecule has 2 heterocycles. The Hall–Kier alpha value is -0.830. The maximum absolute atomic E-state index is 5.40. The molecule has 1 aromatic heterocycles. The largest absolute Gasteiger partial charge is 0.359 e. The molecule has 0 aromatic carbocycles. The lowest BCUT2D eigenvalue weighted by Crippen LogP contribution is -2.53. The van der Waals surface area contributed by atoms with Crippen LogP contribution in [-0.2, 0) is 6.54 Å². The van der Waals surface area contributed by atoms with Gasteiger partial charge in [-0.15, -0.1) is 24.0 Å². The summed E-state index contributed by atoms with van der Waals surface area (Å²) in [5, 5.41) is 11.1. The van der Waals surface area contributed by atoms with E-state index in [1.807, 2.05) is 13.1 Å². The van der Waals surface area contributed by atoms with E-state index in [0.717, 1.165) is 30.0 Å². The van der Waals surface area contributed by atoms with Crippen LogP contribution in [0.2, 0.25) is 0 Å². The van der Waals surface area contributed by atoms with Crippen molar-refractivity contribution in [2.75, 3.05) is 20.1 Å². The van der Waals surface area contributed by atoms with E-state index in [4.69, 9.17) is 4.52 Å². The minimum Gasteiger partial charge on any atom is -0.359 e. The lowest BCUT2D eigenvalue weighted by molar-refractivity contribution is 0.115. The van der Waals surface area contributed by atoms with Crippen molar-refractivity contribution in [3.05, 3.63) is 17.5 Å². The average Bonchev–Trinajstić information content (AvgIpc) is 3.15. The normalized spacial score (nSPS) is 22.5. The van der Waals surface area contributed by atoms with Crippen molar-refractivity contribution in [2.45, 2.75) is 83.3 Å². The first kappa shape index (κ1) is 22.5. The zero-order chi connectivity index (χ0) is 18.4. The molecule has 3 rings (SSSR count). The molecule has 1 unspecified atom stereocenters. The van der Waals surface area contributed by atoms with Gasteiger partial charge in [0.15, 0.2) is 11.7 Å². The van der Waals surface area contributed by atoms with Crippen LogP contribution in [0.25, 0.3) is 0 Å². The molecule has 154 valence electrons. The summed E-state index contributed by atoms with van der Waals surface area (Å²) in [4.78, 5) is 7.10. The Labute approximate surface area is 180 Å². The van der Waals surface area contributed by atoms with E-state index in [1.54, 1.807) is 0 Å². The highest BCUT2D eigenvalue weighted by Crippen LogP contribution is 2.25. The molecule has 7 heteroatoms. The minimum atomic E-state index is 0. The van der Waals surface area contributed by atoms with Gasteiger partial charge in [-0.1, -0.05) is 38.3 Å². The molecule has 1 aromatic rings. The molecule has 27 heavy (non-hydrogen) atoms. The van der Waals surface area contributed by atoms with Crippen LogP contribution < -0.4 is 10.6 Å². The molecule has 1 atom stereocenters. The van der Waals surface area contributed by atoms with Crippen molar-refractivity contribution < 1.29 is 4.52 Å². The number of aliphatic imine (C=N–C) groups is 1. The summed E-state index contributed by atoms with van der Waals surface area (Å²) in [5.41, 5.74) is 1.00. The monoisotopic (exact) mass is 489 g/mol. The van der Waals surface area contributed by atoms with E-state index in [9.17, 15) is 0 Å². The van der Waals surface area contributed by atoms with Crippen LogP contribution in [0.4, 0.5) is 0 Å². The van der Waals surface area contributed by atoms with Crippen LogP contribution in [0.15, 0.2) is 15.6 Å². The number of piperidine rings is 1.